The molecule has 1 fully saturated rings. The van der Waals surface area contributed by atoms with Gasteiger partial charge in [0, 0.05) is 25.8 Å². The Kier molecular flexibility index (Phi) is 4.24. The van der Waals surface area contributed by atoms with Gasteiger partial charge in [0.2, 0.25) is 5.95 Å². The molecule has 1 N–H and O–H groups in total. The summed E-state index contributed by atoms with van der Waals surface area (Å²) in [5.41, 5.74) is 0. The van der Waals surface area contributed by atoms with Crippen molar-refractivity contribution in [2.75, 3.05) is 35.3 Å². The van der Waals surface area contributed by atoms with E-state index in [0.29, 0.717) is 12.4 Å². The topological polar surface area (TPSA) is 75.2 Å². The van der Waals surface area contributed by atoms with Gasteiger partial charge in [0.05, 0.1) is 11.5 Å². The van der Waals surface area contributed by atoms with Gasteiger partial charge in [0.25, 0.3) is 0 Å². The molecular formula is C12H20N4O2S. The average molecular weight is 284 g/mol. The summed E-state index contributed by atoms with van der Waals surface area (Å²) in [5, 5.41) is 3.13. The Morgan fingerprint density at radius 3 is 2.95 bits per heavy atom. The molecule has 0 aliphatic carbocycles. The summed E-state index contributed by atoms with van der Waals surface area (Å²) in [6.07, 6.45) is 3.37. The maximum Gasteiger partial charge on any atom is 0.224 e. The minimum atomic E-state index is -2.87. The van der Waals surface area contributed by atoms with Crippen LogP contribution < -0.4 is 10.2 Å². The summed E-state index contributed by atoms with van der Waals surface area (Å²) in [6, 6.07) is 1.82. The monoisotopic (exact) mass is 284 g/mol. The zero-order chi connectivity index (χ0) is 13.9. The molecule has 0 saturated carbocycles. The fourth-order valence-corrected chi connectivity index (χ4v) is 3.91. The molecule has 6 nitrogen and oxygen atoms in total. The first kappa shape index (κ1) is 14.0. The molecule has 106 valence electrons. The van der Waals surface area contributed by atoms with E-state index in [9.17, 15) is 8.42 Å². The first-order chi connectivity index (χ1) is 9.02. The molecule has 1 aliphatic heterocycles. The molecule has 0 bridgehead atoms. The van der Waals surface area contributed by atoms with E-state index in [1.54, 1.807) is 6.20 Å². The average Bonchev–Trinajstić information content (AvgIpc) is 2.76. The summed E-state index contributed by atoms with van der Waals surface area (Å²) in [4.78, 5) is 10.5. The van der Waals surface area contributed by atoms with Gasteiger partial charge in [-0.1, -0.05) is 6.92 Å². The molecule has 0 amide bonds. The Labute approximate surface area is 114 Å². The van der Waals surface area contributed by atoms with Gasteiger partial charge >= 0.3 is 0 Å². The minimum Gasteiger partial charge on any atom is -0.355 e. The molecule has 2 heterocycles. The van der Waals surface area contributed by atoms with Crippen molar-refractivity contribution in [3.8, 4) is 0 Å². The third-order valence-corrected chi connectivity index (χ3v) is 5.04. The molecule has 1 aliphatic rings. The second-order valence-electron chi connectivity index (χ2n) is 4.83. The number of nitrogens with one attached hydrogen (secondary N) is 1. The van der Waals surface area contributed by atoms with E-state index >= 15 is 0 Å². The molecule has 0 spiro atoms. The number of hydrogen-bond donors (Lipinski definition) is 1. The van der Waals surface area contributed by atoms with Gasteiger partial charge in [0.15, 0.2) is 9.84 Å². The number of anilines is 2. The van der Waals surface area contributed by atoms with Crippen LogP contribution in [0.5, 0.6) is 0 Å². The van der Waals surface area contributed by atoms with Crippen LogP contribution in [0.25, 0.3) is 0 Å². The van der Waals surface area contributed by atoms with Crippen LogP contribution in [0, 0.1) is 0 Å². The summed E-state index contributed by atoms with van der Waals surface area (Å²) in [5.74, 6) is 1.84. The van der Waals surface area contributed by atoms with E-state index in [2.05, 4.69) is 22.2 Å². The second kappa shape index (κ2) is 5.73. The Morgan fingerprint density at radius 1 is 1.53 bits per heavy atom. The summed E-state index contributed by atoms with van der Waals surface area (Å²) in [7, 11) is -0.987. The lowest BCUT2D eigenvalue weighted by Crippen LogP contribution is -2.33. The summed E-state index contributed by atoms with van der Waals surface area (Å²) < 4.78 is 23.0. The first-order valence-electron chi connectivity index (χ1n) is 6.52. The van der Waals surface area contributed by atoms with Gasteiger partial charge in [0.1, 0.15) is 5.82 Å². The molecule has 1 aromatic rings. The van der Waals surface area contributed by atoms with Crippen molar-refractivity contribution >= 4 is 21.6 Å². The van der Waals surface area contributed by atoms with Crippen molar-refractivity contribution in [1.82, 2.24) is 9.97 Å². The van der Waals surface area contributed by atoms with Crippen molar-refractivity contribution in [3.63, 3.8) is 0 Å². The van der Waals surface area contributed by atoms with Crippen LogP contribution in [0.2, 0.25) is 0 Å². The van der Waals surface area contributed by atoms with Crippen LogP contribution in [-0.2, 0) is 9.84 Å². The van der Waals surface area contributed by atoms with E-state index in [1.807, 2.05) is 18.0 Å². The van der Waals surface area contributed by atoms with E-state index in [0.717, 1.165) is 18.8 Å². The van der Waals surface area contributed by atoms with Crippen molar-refractivity contribution < 1.29 is 8.42 Å². The zero-order valence-corrected chi connectivity index (χ0v) is 12.2. The Hall–Kier alpha value is -1.37. The highest BCUT2D eigenvalue weighted by Gasteiger charge is 2.31. The fraction of sp³-hybridized carbons (Fsp3) is 0.667. The van der Waals surface area contributed by atoms with E-state index < -0.39 is 9.84 Å². The molecule has 7 heteroatoms. The SMILES string of the molecule is CCCNc1nccc(N(C)C2CCS(=O)(=O)C2)n1. The van der Waals surface area contributed by atoms with Crippen LogP contribution in [-0.4, -0.2) is 49.5 Å². The Morgan fingerprint density at radius 2 is 2.32 bits per heavy atom. The van der Waals surface area contributed by atoms with Gasteiger partial charge in [-0.3, -0.25) is 0 Å². The smallest absolute Gasteiger partial charge is 0.224 e. The summed E-state index contributed by atoms with van der Waals surface area (Å²) >= 11 is 0. The lowest BCUT2D eigenvalue weighted by Gasteiger charge is -2.24. The highest BCUT2D eigenvalue weighted by atomic mass is 32.2. The standard InChI is InChI=1S/C12H20N4O2S/c1-3-6-13-12-14-7-4-11(15-12)16(2)10-5-8-19(17,18)9-10/h4,7,10H,3,5-6,8-9H2,1-2H3,(H,13,14,15). The van der Waals surface area contributed by atoms with E-state index in [4.69, 9.17) is 0 Å². The van der Waals surface area contributed by atoms with Crippen LogP contribution in [0.1, 0.15) is 19.8 Å². The molecule has 2 rings (SSSR count). The predicted molar refractivity (Wildman–Crippen MR) is 76.3 cm³/mol. The number of aromatic nitrogens is 2. The minimum absolute atomic E-state index is 0.0129. The maximum absolute atomic E-state index is 11.5. The van der Waals surface area contributed by atoms with Crippen LogP contribution in [0.15, 0.2) is 12.3 Å². The highest BCUT2D eigenvalue weighted by molar-refractivity contribution is 7.91. The third-order valence-electron chi connectivity index (χ3n) is 3.29. The number of nitrogens with zero attached hydrogens (tertiary/aromatic N) is 3. The Bertz CT molecular complexity index is 532. The number of rotatable bonds is 5. The second-order valence-corrected chi connectivity index (χ2v) is 7.06. The van der Waals surface area contributed by atoms with Crippen LogP contribution in [0.4, 0.5) is 11.8 Å². The van der Waals surface area contributed by atoms with Crippen molar-refractivity contribution in [2.24, 2.45) is 0 Å². The molecule has 1 atom stereocenters. The third kappa shape index (κ3) is 3.56. The van der Waals surface area contributed by atoms with Crippen molar-refractivity contribution in [3.05, 3.63) is 12.3 Å². The molecule has 19 heavy (non-hydrogen) atoms. The molecule has 0 radical (unpaired) electrons. The van der Waals surface area contributed by atoms with E-state index in [1.165, 1.54) is 0 Å². The van der Waals surface area contributed by atoms with Gasteiger partial charge in [-0.2, -0.15) is 4.98 Å². The quantitative estimate of drug-likeness (QED) is 0.866. The van der Waals surface area contributed by atoms with Gasteiger partial charge in [-0.15, -0.1) is 0 Å². The Balaban J connectivity index is 2.08. The summed E-state index contributed by atoms with van der Waals surface area (Å²) in [6.45, 7) is 2.90. The molecule has 1 saturated heterocycles. The normalized spacial score (nSPS) is 21.3. The van der Waals surface area contributed by atoms with Crippen molar-refractivity contribution in [2.45, 2.75) is 25.8 Å². The molecular weight excluding hydrogens is 264 g/mol. The first-order valence-corrected chi connectivity index (χ1v) is 8.34. The lowest BCUT2D eigenvalue weighted by molar-refractivity contribution is 0.600. The highest BCUT2D eigenvalue weighted by Crippen LogP contribution is 2.21. The van der Waals surface area contributed by atoms with Gasteiger partial charge < -0.3 is 10.2 Å². The zero-order valence-electron chi connectivity index (χ0n) is 11.3. The van der Waals surface area contributed by atoms with Crippen LogP contribution in [0.3, 0.4) is 0 Å². The molecule has 1 aromatic heterocycles. The largest absolute Gasteiger partial charge is 0.355 e. The van der Waals surface area contributed by atoms with E-state index in [-0.39, 0.29) is 17.5 Å². The number of hydrogen-bond acceptors (Lipinski definition) is 6. The fourth-order valence-electron chi connectivity index (χ4n) is 2.14. The molecule has 1 unspecified atom stereocenters. The maximum atomic E-state index is 11.5. The number of sulfone groups is 1. The van der Waals surface area contributed by atoms with Gasteiger partial charge in [-0.25, -0.2) is 13.4 Å². The molecule has 0 aromatic carbocycles. The predicted octanol–water partition coefficient (Wildman–Crippen LogP) is 0.922. The van der Waals surface area contributed by atoms with Crippen molar-refractivity contribution in [1.29, 1.82) is 0 Å². The van der Waals surface area contributed by atoms with Crippen LogP contribution >= 0.6 is 0 Å². The van der Waals surface area contributed by atoms with Gasteiger partial charge in [-0.05, 0) is 18.9 Å². The lowest BCUT2D eigenvalue weighted by atomic mass is 10.2.